The molecule has 102 valence electrons. The molecule has 19 heavy (non-hydrogen) atoms. The quantitative estimate of drug-likeness (QED) is 0.913. The van der Waals surface area contributed by atoms with Crippen LogP contribution in [0.2, 0.25) is 8.67 Å². The summed E-state index contributed by atoms with van der Waals surface area (Å²) >= 11 is 12.6. The van der Waals surface area contributed by atoms with Crippen LogP contribution >= 0.6 is 34.5 Å². The summed E-state index contributed by atoms with van der Waals surface area (Å²) in [4.78, 5) is 4.13. The molecule has 0 spiro atoms. The van der Waals surface area contributed by atoms with E-state index in [1.807, 2.05) is 12.1 Å². The van der Waals surface area contributed by atoms with Crippen LogP contribution in [0.3, 0.4) is 0 Å². The maximum Gasteiger partial charge on any atom is 0.242 e. The molecule has 0 aliphatic rings. The Morgan fingerprint density at radius 3 is 2.68 bits per heavy atom. The van der Waals surface area contributed by atoms with Crippen molar-refractivity contribution in [2.75, 3.05) is 6.54 Å². The van der Waals surface area contributed by atoms with E-state index in [4.69, 9.17) is 23.2 Å². The second kappa shape index (κ2) is 6.19. The third kappa shape index (κ3) is 3.90. The minimum Gasteiger partial charge on any atom is -0.261 e. The Bertz CT molecular complexity index is 657. The topological polar surface area (TPSA) is 59.1 Å². The fourth-order valence-corrected chi connectivity index (χ4v) is 4.62. The average molecular weight is 337 g/mol. The summed E-state index contributed by atoms with van der Waals surface area (Å²) in [5, 5.41) is 0. The van der Waals surface area contributed by atoms with Crippen LogP contribution in [0.5, 0.6) is 0 Å². The Balaban J connectivity index is 2.01. The van der Waals surface area contributed by atoms with Gasteiger partial charge >= 0.3 is 0 Å². The Kier molecular flexibility index (Phi) is 4.81. The summed E-state index contributed by atoms with van der Waals surface area (Å²) in [5.41, 5.74) is 0.819. The number of nitrogens with zero attached hydrogens (tertiary/aromatic N) is 1. The lowest BCUT2D eigenvalue weighted by molar-refractivity contribution is 0.582. The SMILES string of the molecule is O=S(=O)(NCCc1ccccn1)c1cc(Cl)sc1Cl. The summed E-state index contributed by atoms with van der Waals surface area (Å²) in [7, 11) is -3.62. The molecule has 2 heterocycles. The first-order valence-corrected chi connectivity index (χ1v) is 8.39. The van der Waals surface area contributed by atoms with Crippen molar-refractivity contribution >= 4 is 44.6 Å². The van der Waals surface area contributed by atoms with Gasteiger partial charge in [0.1, 0.15) is 9.23 Å². The highest BCUT2D eigenvalue weighted by atomic mass is 35.5. The zero-order valence-electron chi connectivity index (χ0n) is 9.64. The molecule has 4 nitrogen and oxygen atoms in total. The van der Waals surface area contributed by atoms with E-state index in [9.17, 15) is 8.42 Å². The fraction of sp³-hybridized carbons (Fsp3) is 0.182. The summed E-state index contributed by atoms with van der Waals surface area (Å²) in [5.74, 6) is 0. The van der Waals surface area contributed by atoms with Crippen molar-refractivity contribution in [3.8, 4) is 0 Å². The lowest BCUT2D eigenvalue weighted by atomic mass is 10.3. The van der Waals surface area contributed by atoms with Crippen LogP contribution in [0, 0.1) is 0 Å². The van der Waals surface area contributed by atoms with Crippen LogP contribution in [0.1, 0.15) is 5.69 Å². The molecular weight excluding hydrogens is 327 g/mol. The third-order valence-corrected chi connectivity index (χ3v) is 5.53. The first-order valence-electron chi connectivity index (χ1n) is 5.33. The number of nitrogens with one attached hydrogen (secondary N) is 1. The first-order chi connectivity index (χ1) is 8.99. The van der Waals surface area contributed by atoms with Gasteiger partial charge in [0.25, 0.3) is 0 Å². The van der Waals surface area contributed by atoms with Crippen molar-refractivity contribution in [3.63, 3.8) is 0 Å². The van der Waals surface area contributed by atoms with Crippen LogP contribution < -0.4 is 4.72 Å². The molecule has 0 amide bonds. The van der Waals surface area contributed by atoms with Gasteiger partial charge in [-0.2, -0.15) is 0 Å². The maximum atomic E-state index is 12.0. The number of sulfonamides is 1. The van der Waals surface area contributed by atoms with Crippen molar-refractivity contribution in [1.29, 1.82) is 0 Å². The maximum absolute atomic E-state index is 12.0. The largest absolute Gasteiger partial charge is 0.261 e. The van der Waals surface area contributed by atoms with Gasteiger partial charge in [-0.25, -0.2) is 13.1 Å². The highest BCUT2D eigenvalue weighted by molar-refractivity contribution is 7.89. The van der Waals surface area contributed by atoms with Crippen molar-refractivity contribution in [1.82, 2.24) is 9.71 Å². The number of rotatable bonds is 5. The molecule has 1 N–H and O–H groups in total. The minimum absolute atomic E-state index is 0.0187. The molecule has 0 aliphatic heterocycles. The molecule has 0 radical (unpaired) electrons. The molecule has 0 saturated heterocycles. The zero-order chi connectivity index (χ0) is 13.9. The summed E-state index contributed by atoms with van der Waals surface area (Å²) in [6, 6.07) is 6.84. The standard InChI is InChI=1S/C11H10Cl2N2O2S2/c12-10-7-9(11(13)18-10)19(16,17)15-6-4-8-3-1-2-5-14-8/h1-3,5,7,15H,4,6H2. The predicted molar refractivity (Wildman–Crippen MR) is 77.5 cm³/mol. The van der Waals surface area contributed by atoms with Crippen molar-refractivity contribution in [2.24, 2.45) is 0 Å². The van der Waals surface area contributed by atoms with E-state index >= 15 is 0 Å². The fourth-order valence-electron chi connectivity index (χ4n) is 1.45. The molecule has 0 aromatic carbocycles. The zero-order valence-corrected chi connectivity index (χ0v) is 12.8. The van der Waals surface area contributed by atoms with E-state index in [0.29, 0.717) is 10.8 Å². The van der Waals surface area contributed by atoms with E-state index in [2.05, 4.69) is 9.71 Å². The van der Waals surface area contributed by atoms with E-state index in [-0.39, 0.29) is 15.8 Å². The number of pyridine rings is 1. The van der Waals surface area contributed by atoms with Crippen molar-refractivity contribution in [2.45, 2.75) is 11.3 Å². The molecule has 0 fully saturated rings. The molecule has 0 bridgehead atoms. The van der Waals surface area contributed by atoms with E-state index in [0.717, 1.165) is 17.0 Å². The van der Waals surface area contributed by atoms with Gasteiger partial charge in [0.2, 0.25) is 10.0 Å². The average Bonchev–Trinajstić information content (AvgIpc) is 2.70. The molecule has 2 rings (SSSR count). The molecule has 0 unspecified atom stereocenters. The number of halogens is 2. The third-order valence-electron chi connectivity index (χ3n) is 2.31. The molecule has 2 aromatic heterocycles. The van der Waals surface area contributed by atoms with Crippen molar-refractivity contribution < 1.29 is 8.42 Å². The molecule has 0 atom stereocenters. The van der Waals surface area contributed by atoms with Crippen LogP contribution in [0.25, 0.3) is 0 Å². The summed E-state index contributed by atoms with van der Waals surface area (Å²) in [6.45, 7) is 0.253. The Labute approximate surface area is 125 Å². The smallest absolute Gasteiger partial charge is 0.242 e. The Morgan fingerprint density at radius 2 is 2.11 bits per heavy atom. The molecule has 0 aliphatic carbocycles. The number of thiophene rings is 1. The number of hydrogen-bond donors (Lipinski definition) is 1. The lowest BCUT2D eigenvalue weighted by Crippen LogP contribution is -2.26. The van der Waals surface area contributed by atoms with Gasteiger partial charge in [-0.1, -0.05) is 29.3 Å². The van der Waals surface area contributed by atoms with Crippen molar-refractivity contribution in [3.05, 3.63) is 44.8 Å². The summed E-state index contributed by atoms with van der Waals surface area (Å²) in [6.07, 6.45) is 2.18. The van der Waals surface area contributed by atoms with Gasteiger partial charge in [-0.3, -0.25) is 4.98 Å². The predicted octanol–water partition coefficient (Wildman–Crippen LogP) is 2.97. The van der Waals surface area contributed by atoms with Crippen LogP contribution in [0.4, 0.5) is 0 Å². The highest BCUT2D eigenvalue weighted by Gasteiger charge is 2.20. The van der Waals surface area contributed by atoms with Gasteiger partial charge in [0.05, 0.1) is 4.34 Å². The second-order valence-corrected chi connectivity index (χ2v) is 7.68. The second-order valence-electron chi connectivity index (χ2n) is 3.66. The monoisotopic (exact) mass is 336 g/mol. The minimum atomic E-state index is -3.62. The van der Waals surface area contributed by atoms with Gasteiger partial charge in [0, 0.05) is 24.9 Å². The van der Waals surface area contributed by atoms with Gasteiger partial charge in [-0.15, -0.1) is 11.3 Å². The Morgan fingerprint density at radius 1 is 1.32 bits per heavy atom. The molecule has 2 aromatic rings. The normalized spacial score (nSPS) is 11.7. The van der Waals surface area contributed by atoms with Gasteiger partial charge in [-0.05, 0) is 18.2 Å². The number of aromatic nitrogens is 1. The van der Waals surface area contributed by atoms with Crippen LogP contribution in [-0.4, -0.2) is 19.9 Å². The Hall–Kier alpha value is -0.660. The van der Waals surface area contributed by atoms with E-state index in [1.54, 1.807) is 12.3 Å². The molecule has 8 heteroatoms. The first kappa shape index (κ1) is 14.7. The van der Waals surface area contributed by atoms with E-state index in [1.165, 1.54) is 6.07 Å². The molecular formula is C11H10Cl2N2O2S2. The van der Waals surface area contributed by atoms with Crippen LogP contribution in [-0.2, 0) is 16.4 Å². The van der Waals surface area contributed by atoms with Gasteiger partial charge in [0.15, 0.2) is 0 Å². The highest BCUT2D eigenvalue weighted by Crippen LogP contribution is 2.33. The van der Waals surface area contributed by atoms with Gasteiger partial charge < -0.3 is 0 Å². The lowest BCUT2D eigenvalue weighted by Gasteiger charge is -2.05. The van der Waals surface area contributed by atoms with Crippen LogP contribution in [0.15, 0.2) is 35.4 Å². The molecule has 0 saturated carbocycles. The number of hydrogen-bond acceptors (Lipinski definition) is 4. The van der Waals surface area contributed by atoms with E-state index < -0.39 is 10.0 Å². The summed E-state index contributed by atoms with van der Waals surface area (Å²) < 4.78 is 27.0.